The molecule has 0 saturated carbocycles. The summed E-state index contributed by atoms with van der Waals surface area (Å²) in [7, 11) is 0. The van der Waals surface area contributed by atoms with Crippen LogP contribution in [0, 0.1) is 5.41 Å². The molecule has 1 fully saturated rings. The lowest BCUT2D eigenvalue weighted by Gasteiger charge is -2.32. The van der Waals surface area contributed by atoms with Gasteiger partial charge in [-0.1, -0.05) is 51.1 Å². The van der Waals surface area contributed by atoms with E-state index in [4.69, 9.17) is 4.74 Å². The first-order valence-electron chi connectivity index (χ1n) is 9.82. The zero-order valence-corrected chi connectivity index (χ0v) is 17.0. The zero-order valence-electron chi connectivity index (χ0n) is 17.0. The van der Waals surface area contributed by atoms with Crippen molar-refractivity contribution >= 4 is 12.1 Å². The molecule has 27 heavy (non-hydrogen) atoms. The van der Waals surface area contributed by atoms with Crippen LogP contribution in [0.15, 0.2) is 30.3 Å². The Labute approximate surface area is 162 Å². The van der Waals surface area contributed by atoms with Gasteiger partial charge in [-0.05, 0) is 37.2 Å². The number of benzene rings is 1. The van der Waals surface area contributed by atoms with Crippen molar-refractivity contribution in [1.29, 1.82) is 0 Å². The molecule has 1 saturated heterocycles. The summed E-state index contributed by atoms with van der Waals surface area (Å²) in [6.07, 6.45) is 2.06. The van der Waals surface area contributed by atoms with Gasteiger partial charge in [-0.2, -0.15) is 0 Å². The van der Waals surface area contributed by atoms with Crippen LogP contribution in [0.4, 0.5) is 9.59 Å². The van der Waals surface area contributed by atoms with Gasteiger partial charge < -0.3 is 20.3 Å². The fourth-order valence-electron chi connectivity index (χ4n) is 3.36. The average Bonchev–Trinajstić information content (AvgIpc) is 2.61. The third-order valence-electron chi connectivity index (χ3n) is 4.68. The molecule has 3 amide bonds. The Balaban J connectivity index is 1.88. The van der Waals surface area contributed by atoms with Crippen molar-refractivity contribution in [3.05, 3.63) is 35.9 Å². The summed E-state index contributed by atoms with van der Waals surface area (Å²) in [5, 5.41) is 6.20. The Hall–Kier alpha value is -2.24. The predicted octanol–water partition coefficient (Wildman–Crippen LogP) is 4.08. The Bertz CT molecular complexity index is 605. The maximum atomic E-state index is 12.6. The Morgan fingerprint density at radius 3 is 2.37 bits per heavy atom. The Morgan fingerprint density at radius 1 is 1.19 bits per heavy atom. The number of amides is 3. The minimum atomic E-state index is -0.269. The lowest BCUT2D eigenvalue weighted by Crippen LogP contribution is -2.50. The highest BCUT2D eigenvalue weighted by Crippen LogP contribution is 2.29. The summed E-state index contributed by atoms with van der Waals surface area (Å²) >= 11 is 0. The zero-order chi connectivity index (χ0) is 19.9. The Kier molecular flexibility index (Phi) is 7.51. The van der Waals surface area contributed by atoms with Crippen molar-refractivity contribution in [2.24, 2.45) is 5.41 Å². The van der Waals surface area contributed by atoms with Crippen LogP contribution < -0.4 is 10.6 Å². The molecular weight excluding hydrogens is 342 g/mol. The molecular formula is C21H33N3O3. The van der Waals surface area contributed by atoms with Gasteiger partial charge in [-0.15, -0.1) is 0 Å². The molecule has 1 heterocycles. The third-order valence-corrected chi connectivity index (χ3v) is 4.68. The third kappa shape index (κ3) is 7.12. The lowest BCUT2D eigenvalue weighted by atomic mass is 9.85. The van der Waals surface area contributed by atoms with Crippen molar-refractivity contribution in [3.8, 4) is 0 Å². The summed E-state index contributed by atoms with van der Waals surface area (Å²) < 4.78 is 5.03. The largest absolute Gasteiger partial charge is 0.450 e. The number of carbonyl (C=O) groups is 2. The first-order valence-corrected chi connectivity index (χ1v) is 9.82. The molecule has 1 unspecified atom stereocenters. The molecule has 0 bridgehead atoms. The predicted molar refractivity (Wildman–Crippen MR) is 107 cm³/mol. The summed E-state index contributed by atoms with van der Waals surface area (Å²) in [6, 6.07) is 9.96. The fourth-order valence-corrected chi connectivity index (χ4v) is 3.36. The summed E-state index contributed by atoms with van der Waals surface area (Å²) in [6.45, 7) is 9.92. The first kappa shape index (κ1) is 21.1. The number of ether oxygens (including phenoxy) is 1. The van der Waals surface area contributed by atoms with Crippen molar-refractivity contribution in [3.63, 3.8) is 0 Å². The normalized spacial score (nSPS) is 16.5. The van der Waals surface area contributed by atoms with E-state index in [2.05, 4.69) is 43.5 Å². The molecule has 2 N–H and O–H groups in total. The van der Waals surface area contributed by atoms with E-state index >= 15 is 0 Å². The second-order valence-electron chi connectivity index (χ2n) is 8.31. The molecule has 1 aliphatic rings. The van der Waals surface area contributed by atoms with E-state index in [0.717, 1.165) is 24.8 Å². The van der Waals surface area contributed by atoms with Gasteiger partial charge >= 0.3 is 12.1 Å². The molecule has 1 atom stereocenters. The van der Waals surface area contributed by atoms with E-state index in [1.807, 2.05) is 18.2 Å². The standard InChI is InChI=1S/C21H33N3O3/c1-5-27-20(26)24-13-11-17(12-14-24)22-19(25)23-18(15-21(2,3)4)16-9-7-6-8-10-16/h6-10,17-18H,5,11-15H2,1-4H3,(H2,22,23,25). The van der Waals surface area contributed by atoms with Gasteiger partial charge in [0.25, 0.3) is 0 Å². The average molecular weight is 376 g/mol. The van der Waals surface area contributed by atoms with E-state index in [1.165, 1.54) is 0 Å². The second-order valence-corrected chi connectivity index (χ2v) is 8.31. The molecule has 6 nitrogen and oxygen atoms in total. The molecule has 150 valence electrons. The van der Waals surface area contributed by atoms with E-state index in [9.17, 15) is 9.59 Å². The quantitative estimate of drug-likeness (QED) is 0.814. The van der Waals surface area contributed by atoms with Crippen LogP contribution in [0.5, 0.6) is 0 Å². The van der Waals surface area contributed by atoms with E-state index in [1.54, 1.807) is 11.8 Å². The first-order chi connectivity index (χ1) is 12.8. The minimum Gasteiger partial charge on any atom is -0.450 e. The highest BCUT2D eigenvalue weighted by Gasteiger charge is 2.26. The minimum absolute atomic E-state index is 0.0363. The number of urea groups is 1. The van der Waals surface area contributed by atoms with Crippen molar-refractivity contribution in [1.82, 2.24) is 15.5 Å². The van der Waals surface area contributed by atoms with Crippen LogP contribution in [-0.2, 0) is 4.74 Å². The monoisotopic (exact) mass is 375 g/mol. The second kappa shape index (κ2) is 9.62. The molecule has 0 aromatic heterocycles. The molecule has 1 aromatic rings. The highest BCUT2D eigenvalue weighted by atomic mass is 16.6. The number of piperidine rings is 1. The maximum absolute atomic E-state index is 12.6. The molecule has 0 radical (unpaired) electrons. The number of nitrogens with zero attached hydrogens (tertiary/aromatic N) is 1. The fraction of sp³-hybridized carbons (Fsp3) is 0.619. The molecule has 1 aliphatic heterocycles. The van der Waals surface area contributed by atoms with Crippen LogP contribution >= 0.6 is 0 Å². The molecule has 0 aliphatic carbocycles. The van der Waals surface area contributed by atoms with Crippen molar-refractivity contribution in [2.75, 3.05) is 19.7 Å². The van der Waals surface area contributed by atoms with Gasteiger partial charge in [0, 0.05) is 19.1 Å². The van der Waals surface area contributed by atoms with Crippen LogP contribution in [0.1, 0.15) is 58.6 Å². The molecule has 6 heteroatoms. The summed E-state index contributed by atoms with van der Waals surface area (Å²) in [5.41, 5.74) is 1.21. The van der Waals surface area contributed by atoms with Crippen LogP contribution in [0.2, 0.25) is 0 Å². The maximum Gasteiger partial charge on any atom is 0.409 e. The van der Waals surface area contributed by atoms with E-state index < -0.39 is 0 Å². The summed E-state index contributed by atoms with van der Waals surface area (Å²) in [5.74, 6) is 0. The van der Waals surface area contributed by atoms with Crippen LogP contribution in [-0.4, -0.2) is 42.8 Å². The van der Waals surface area contributed by atoms with Gasteiger partial charge in [-0.3, -0.25) is 0 Å². The highest BCUT2D eigenvalue weighted by molar-refractivity contribution is 5.75. The number of likely N-dealkylation sites (tertiary alicyclic amines) is 1. The van der Waals surface area contributed by atoms with Crippen molar-refractivity contribution in [2.45, 2.75) is 59.0 Å². The van der Waals surface area contributed by atoms with Gasteiger partial charge in [-0.25, -0.2) is 9.59 Å². The lowest BCUT2D eigenvalue weighted by molar-refractivity contribution is 0.0957. The van der Waals surface area contributed by atoms with Gasteiger partial charge in [0.2, 0.25) is 0 Å². The number of hydrogen-bond acceptors (Lipinski definition) is 3. The van der Waals surface area contributed by atoms with Gasteiger partial charge in [0.05, 0.1) is 12.6 Å². The van der Waals surface area contributed by atoms with Gasteiger partial charge in [0.15, 0.2) is 0 Å². The van der Waals surface area contributed by atoms with Crippen molar-refractivity contribution < 1.29 is 14.3 Å². The molecule has 1 aromatic carbocycles. The number of rotatable bonds is 5. The number of carbonyl (C=O) groups excluding carboxylic acids is 2. The number of nitrogens with one attached hydrogen (secondary N) is 2. The Morgan fingerprint density at radius 2 is 1.81 bits per heavy atom. The topological polar surface area (TPSA) is 70.7 Å². The van der Waals surface area contributed by atoms with Gasteiger partial charge in [0.1, 0.15) is 0 Å². The molecule has 0 spiro atoms. The van der Waals surface area contributed by atoms with Crippen LogP contribution in [0.3, 0.4) is 0 Å². The SMILES string of the molecule is CCOC(=O)N1CCC(NC(=O)NC(CC(C)(C)C)c2ccccc2)CC1. The summed E-state index contributed by atoms with van der Waals surface area (Å²) in [4.78, 5) is 26.0. The number of hydrogen-bond donors (Lipinski definition) is 2. The smallest absolute Gasteiger partial charge is 0.409 e. The molecule has 2 rings (SSSR count). The van der Waals surface area contributed by atoms with E-state index in [-0.39, 0.29) is 29.6 Å². The van der Waals surface area contributed by atoms with E-state index in [0.29, 0.717) is 19.7 Å². The van der Waals surface area contributed by atoms with Crippen LogP contribution in [0.25, 0.3) is 0 Å².